The molecule has 1 fully saturated rings. The van der Waals surface area contributed by atoms with Gasteiger partial charge in [0.15, 0.2) is 0 Å². The first-order valence-electron chi connectivity index (χ1n) is 7.00. The first-order chi connectivity index (χ1) is 9.63. The Kier molecular flexibility index (Phi) is 5.25. The van der Waals surface area contributed by atoms with Crippen molar-refractivity contribution in [1.82, 2.24) is 5.32 Å². The third-order valence-corrected chi connectivity index (χ3v) is 5.51. The fourth-order valence-corrected chi connectivity index (χ4v) is 4.48. The summed E-state index contributed by atoms with van der Waals surface area (Å²) in [6.45, 7) is 2.96. The Morgan fingerprint density at radius 2 is 2.15 bits per heavy atom. The van der Waals surface area contributed by atoms with Gasteiger partial charge in [-0.2, -0.15) is 0 Å². The Bertz CT molecular complexity index is 505. The topological polar surface area (TPSA) is 72.2 Å². The van der Waals surface area contributed by atoms with Crippen LogP contribution in [0.1, 0.15) is 32.6 Å². The molecule has 1 aromatic rings. The second kappa shape index (κ2) is 6.95. The van der Waals surface area contributed by atoms with E-state index in [-0.39, 0.29) is 10.9 Å². The lowest BCUT2D eigenvalue weighted by Gasteiger charge is -2.28. The molecule has 3 atom stereocenters. The van der Waals surface area contributed by atoms with E-state index in [1.54, 1.807) is 18.2 Å². The van der Waals surface area contributed by atoms with Gasteiger partial charge in [-0.3, -0.25) is 14.3 Å². The van der Waals surface area contributed by atoms with Crippen molar-refractivity contribution in [1.29, 1.82) is 0 Å². The van der Waals surface area contributed by atoms with Crippen molar-refractivity contribution in [2.45, 2.75) is 48.8 Å². The molecule has 0 saturated heterocycles. The summed E-state index contributed by atoms with van der Waals surface area (Å²) in [5.74, 6) is 0. The van der Waals surface area contributed by atoms with Gasteiger partial charge in [-0.1, -0.05) is 25.5 Å². The monoisotopic (exact) mass is 296 g/mol. The van der Waals surface area contributed by atoms with Crippen LogP contribution in [-0.2, 0) is 10.8 Å². The molecule has 6 heteroatoms. The third-order valence-electron chi connectivity index (χ3n) is 3.70. The zero-order chi connectivity index (χ0) is 14.5. The Morgan fingerprint density at radius 1 is 1.40 bits per heavy atom. The average molecular weight is 296 g/mol. The van der Waals surface area contributed by atoms with E-state index in [2.05, 4.69) is 12.2 Å². The number of rotatable bonds is 5. The molecule has 1 aromatic carbocycles. The molecule has 0 bridgehead atoms. The number of nitro groups is 1. The highest BCUT2D eigenvalue weighted by Gasteiger charge is 2.29. The normalized spacial score (nSPS) is 24.2. The molecule has 1 N–H and O–H groups in total. The Morgan fingerprint density at radius 3 is 2.85 bits per heavy atom. The molecular formula is C14H20N2O3S. The summed E-state index contributed by atoms with van der Waals surface area (Å²) in [5.41, 5.74) is -0.0311. The number of benzene rings is 1. The van der Waals surface area contributed by atoms with Gasteiger partial charge in [0, 0.05) is 17.4 Å². The summed E-state index contributed by atoms with van der Waals surface area (Å²) in [5, 5.41) is 14.4. The van der Waals surface area contributed by atoms with Crippen molar-refractivity contribution >= 4 is 16.5 Å². The highest BCUT2D eigenvalue weighted by molar-refractivity contribution is 7.85. The Balaban J connectivity index is 2.17. The maximum absolute atomic E-state index is 12.7. The van der Waals surface area contributed by atoms with Gasteiger partial charge < -0.3 is 5.32 Å². The van der Waals surface area contributed by atoms with E-state index in [0.29, 0.717) is 10.9 Å². The van der Waals surface area contributed by atoms with E-state index >= 15 is 0 Å². The van der Waals surface area contributed by atoms with Gasteiger partial charge in [0.1, 0.15) is 4.90 Å². The fraction of sp³-hybridized carbons (Fsp3) is 0.571. The van der Waals surface area contributed by atoms with Gasteiger partial charge >= 0.3 is 0 Å². The van der Waals surface area contributed by atoms with Crippen LogP contribution in [0.15, 0.2) is 29.2 Å². The molecule has 0 radical (unpaired) electrons. The van der Waals surface area contributed by atoms with Crippen LogP contribution in [0.4, 0.5) is 5.69 Å². The van der Waals surface area contributed by atoms with Crippen LogP contribution in [0.5, 0.6) is 0 Å². The second-order valence-electron chi connectivity index (χ2n) is 5.07. The standard InChI is InChI=1S/C14H20N2O3S/c1-2-15-11-6-5-7-12(10-11)20(19)14-9-4-3-8-13(14)16(17)18/h3-4,8-9,11-12,15H,2,5-7,10H2,1H3. The predicted molar refractivity (Wildman–Crippen MR) is 79.2 cm³/mol. The summed E-state index contributed by atoms with van der Waals surface area (Å²) in [6.07, 6.45) is 3.82. The van der Waals surface area contributed by atoms with Crippen LogP contribution in [0, 0.1) is 10.1 Å². The molecule has 110 valence electrons. The van der Waals surface area contributed by atoms with Crippen molar-refractivity contribution in [2.75, 3.05) is 6.54 Å². The number of para-hydroxylation sites is 1. The molecule has 1 saturated carbocycles. The van der Waals surface area contributed by atoms with E-state index in [1.807, 2.05) is 0 Å². The molecule has 1 aliphatic carbocycles. The zero-order valence-electron chi connectivity index (χ0n) is 11.6. The molecule has 20 heavy (non-hydrogen) atoms. The summed E-state index contributed by atoms with van der Waals surface area (Å²) in [6, 6.07) is 6.75. The van der Waals surface area contributed by atoms with Gasteiger partial charge in [0.25, 0.3) is 5.69 Å². The SMILES string of the molecule is CCNC1CCCC(S(=O)c2ccccc2[N+](=O)[O-])C1. The summed E-state index contributed by atoms with van der Waals surface area (Å²) < 4.78 is 12.7. The molecule has 5 nitrogen and oxygen atoms in total. The lowest BCUT2D eigenvalue weighted by molar-refractivity contribution is -0.387. The summed E-state index contributed by atoms with van der Waals surface area (Å²) in [4.78, 5) is 10.9. The average Bonchev–Trinajstić information content (AvgIpc) is 2.47. The van der Waals surface area contributed by atoms with E-state index in [9.17, 15) is 14.3 Å². The smallest absolute Gasteiger partial charge is 0.285 e. The minimum Gasteiger partial charge on any atom is -0.314 e. The fourth-order valence-electron chi connectivity index (χ4n) is 2.77. The van der Waals surface area contributed by atoms with Crippen LogP contribution < -0.4 is 5.32 Å². The van der Waals surface area contributed by atoms with Crippen molar-refractivity contribution in [3.63, 3.8) is 0 Å². The number of nitrogens with zero attached hydrogens (tertiary/aromatic N) is 1. The lowest BCUT2D eigenvalue weighted by Crippen LogP contribution is -2.37. The molecule has 3 unspecified atom stereocenters. The third kappa shape index (κ3) is 3.43. The molecule has 0 spiro atoms. The number of nitrogens with one attached hydrogen (secondary N) is 1. The predicted octanol–water partition coefficient (Wildman–Crippen LogP) is 2.62. The second-order valence-corrected chi connectivity index (χ2v) is 6.77. The highest BCUT2D eigenvalue weighted by Crippen LogP contribution is 2.30. The van der Waals surface area contributed by atoms with Crippen LogP contribution in [-0.4, -0.2) is 27.0 Å². The number of nitro benzene ring substituents is 1. The molecule has 0 aliphatic heterocycles. The summed E-state index contributed by atoms with van der Waals surface area (Å²) in [7, 11) is -1.31. The van der Waals surface area contributed by atoms with Crippen LogP contribution in [0.3, 0.4) is 0 Å². The van der Waals surface area contributed by atoms with Gasteiger partial charge in [-0.05, 0) is 31.9 Å². The molecule has 0 aromatic heterocycles. The highest BCUT2D eigenvalue weighted by atomic mass is 32.2. The van der Waals surface area contributed by atoms with Crippen LogP contribution in [0.2, 0.25) is 0 Å². The van der Waals surface area contributed by atoms with Crippen LogP contribution >= 0.6 is 0 Å². The van der Waals surface area contributed by atoms with E-state index < -0.39 is 15.7 Å². The van der Waals surface area contributed by atoms with Gasteiger partial charge in [-0.25, -0.2) is 0 Å². The maximum atomic E-state index is 12.7. The van der Waals surface area contributed by atoms with E-state index in [0.717, 1.165) is 32.2 Å². The van der Waals surface area contributed by atoms with Gasteiger partial charge in [-0.15, -0.1) is 0 Å². The van der Waals surface area contributed by atoms with Crippen molar-refractivity contribution in [3.05, 3.63) is 34.4 Å². The molecule has 1 aliphatic rings. The molecule has 0 amide bonds. The van der Waals surface area contributed by atoms with Crippen molar-refractivity contribution < 1.29 is 9.13 Å². The van der Waals surface area contributed by atoms with Gasteiger partial charge in [0.2, 0.25) is 0 Å². The summed E-state index contributed by atoms with van der Waals surface area (Å²) >= 11 is 0. The zero-order valence-corrected chi connectivity index (χ0v) is 12.4. The van der Waals surface area contributed by atoms with Crippen molar-refractivity contribution in [3.8, 4) is 0 Å². The Labute approximate surface area is 121 Å². The van der Waals surface area contributed by atoms with Crippen LogP contribution in [0.25, 0.3) is 0 Å². The molecule has 0 heterocycles. The largest absolute Gasteiger partial charge is 0.314 e. The van der Waals surface area contributed by atoms with Gasteiger partial charge in [0.05, 0.1) is 15.7 Å². The number of hydrogen-bond acceptors (Lipinski definition) is 4. The lowest BCUT2D eigenvalue weighted by atomic mass is 9.95. The van der Waals surface area contributed by atoms with Crippen molar-refractivity contribution in [2.24, 2.45) is 0 Å². The van der Waals surface area contributed by atoms with E-state index in [4.69, 9.17) is 0 Å². The van der Waals surface area contributed by atoms with E-state index in [1.165, 1.54) is 6.07 Å². The maximum Gasteiger partial charge on any atom is 0.285 e. The minimum atomic E-state index is -1.31. The minimum absolute atomic E-state index is 0.00824. The number of hydrogen-bond donors (Lipinski definition) is 1. The molecular weight excluding hydrogens is 276 g/mol. The first kappa shape index (κ1) is 15.1. The molecule has 2 rings (SSSR count). The quantitative estimate of drug-likeness (QED) is 0.669. The Hall–Kier alpha value is -1.27. The first-order valence-corrected chi connectivity index (χ1v) is 8.22.